The van der Waals surface area contributed by atoms with Crippen molar-refractivity contribution in [1.82, 2.24) is 0 Å². The Hall–Kier alpha value is -2.37. The summed E-state index contributed by atoms with van der Waals surface area (Å²) in [4.78, 5) is 33.5. The van der Waals surface area contributed by atoms with E-state index in [-0.39, 0.29) is 12.3 Å². The van der Waals surface area contributed by atoms with E-state index in [2.05, 4.69) is 5.32 Å². The molecule has 1 aliphatic carbocycles. The second-order valence-corrected chi connectivity index (χ2v) is 4.58. The quantitative estimate of drug-likeness (QED) is 0.712. The number of nitrogens with two attached hydrogens (primary N) is 1. The van der Waals surface area contributed by atoms with Crippen molar-refractivity contribution in [2.45, 2.75) is 12.8 Å². The molecule has 0 aromatic heterocycles. The third kappa shape index (κ3) is 3.09. The molecule has 2 unspecified atom stereocenters. The summed E-state index contributed by atoms with van der Waals surface area (Å²) >= 11 is 0. The third-order valence-corrected chi connectivity index (χ3v) is 3.08. The highest BCUT2D eigenvalue weighted by molar-refractivity contribution is 5.99. The lowest BCUT2D eigenvalue weighted by Crippen LogP contribution is -2.19. The fourth-order valence-electron chi connectivity index (χ4n) is 1.97. The van der Waals surface area contributed by atoms with Gasteiger partial charge in [-0.3, -0.25) is 14.4 Å². The number of benzene rings is 1. The van der Waals surface area contributed by atoms with Crippen LogP contribution in [0, 0.1) is 11.8 Å². The lowest BCUT2D eigenvalue weighted by atomic mass is 10.1. The van der Waals surface area contributed by atoms with E-state index >= 15 is 0 Å². The second-order valence-electron chi connectivity index (χ2n) is 4.58. The number of aliphatic carboxylic acids is 1. The number of hydrogen-bond acceptors (Lipinski definition) is 3. The Kier molecular flexibility index (Phi) is 3.50. The predicted molar refractivity (Wildman–Crippen MR) is 67.2 cm³/mol. The molecule has 1 fully saturated rings. The van der Waals surface area contributed by atoms with Gasteiger partial charge in [0.15, 0.2) is 0 Å². The molecule has 6 nitrogen and oxygen atoms in total. The van der Waals surface area contributed by atoms with Crippen molar-refractivity contribution in [2.75, 3.05) is 5.32 Å². The highest BCUT2D eigenvalue weighted by Crippen LogP contribution is 2.39. The molecule has 6 heteroatoms. The number of rotatable bonds is 5. The first-order valence-corrected chi connectivity index (χ1v) is 5.89. The molecular formula is C13H14N2O4. The first-order chi connectivity index (χ1) is 8.99. The summed E-state index contributed by atoms with van der Waals surface area (Å²) in [6, 6.07) is 6.82. The summed E-state index contributed by atoms with van der Waals surface area (Å²) < 4.78 is 0. The molecule has 2 amide bonds. The van der Waals surface area contributed by atoms with Gasteiger partial charge in [0, 0.05) is 5.69 Å². The van der Waals surface area contributed by atoms with Gasteiger partial charge in [-0.1, -0.05) is 18.2 Å². The minimum absolute atomic E-state index is 0.0312. The van der Waals surface area contributed by atoms with E-state index in [1.165, 1.54) is 0 Å². The summed E-state index contributed by atoms with van der Waals surface area (Å²) in [5, 5.41) is 11.4. The van der Waals surface area contributed by atoms with E-state index in [4.69, 9.17) is 10.8 Å². The SMILES string of the molecule is NC(=O)Cc1ccccc1NC(=O)C1CC1C(=O)O. The first-order valence-electron chi connectivity index (χ1n) is 5.89. The lowest BCUT2D eigenvalue weighted by molar-refractivity contribution is -0.139. The summed E-state index contributed by atoms with van der Waals surface area (Å²) in [6.07, 6.45) is 0.392. The van der Waals surface area contributed by atoms with Crippen LogP contribution in [0.5, 0.6) is 0 Å². The zero-order valence-electron chi connectivity index (χ0n) is 10.1. The van der Waals surface area contributed by atoms with Crippen LogP contribution in [0.25, 0.3) is 0 Å². The summed E-state index contributed by atoms with van der Waals surface area (Å²) in [5.74, 6) is -2.85. The average molecular weight is 262 g/mol. The van der Waals surface area contributed by atoms with Gasteiger partial charge in [-0.2, -0.15) is 0 Å². The summed E-state index contributed by atoms with van der Waals surface area (Å²) in [6.45, 7) is 0. The maximum atomic E-state index is 11.8. The smallest absolute Gasteiger partial charge is 0.307 e. The van der Waals surface area contributed by atoms with E-state index < -0.39 is 23.7 Å². The molecule has 0 radical (unpaired) electrons. The van der Waals surface area contributed by atoms with Crippen LogP contribution in [-0.4, -0.2) is 22.9 Å². The first kappa shape index (κ1) is 13.1. The highest BCUT2D eigenvalue weighted by Gasteiger charge is 2.48. The Bertz CT molecular complexity index is 541. The van der Waals surface area contributed by atoms with Crippen LogP contribution in [-0.2, 0) is 20.8 Å². The zero-order chi connectivity index (χ0) is 14.0. The fourth-order valence-corrected chi connectivity index (χ4v) is 1.97. The monoisotopic (exact) mass is 262 g/mol. The van der Waals surface area contributed by atoms with Gasteiger partial charge in [0.1, 0.15) is 0 Å². The molecule has 0 aliphatic heterocycles. The zero-order valence-corrected chi connectivity index (χ0v) is 10.1. The molecule has 19 heavy (non-hydrogen) atoms. The number of anilines is 1. The molecule has 2 atom stereocenters. The van der Waals surface area contributed by atoms with Crippen LogP contribution >= 0.6 is 0 Å². The minimum Gasteiger partial charge on any atom is -0.481 e. The van der Waals surface area contributed by atoms with Crippen LogP contribution in [0.2, 0.25) is 0 Å². The molecule has 0 saturated heterocycles. The second kappa shape index (κ2) is 5.09. The molecule has 2 rings (SSSR count). The van der Waals surface area contributed by atoms with Gasteiger partial charge < -0.3 is 16.2 Å². The number of hydrogen-bond donors (Lipinski definition) is 3. The van der Waals surface area contributed by atoms with E-state index in [9.17, 15) is 14.4 Å². The van der Waals surface area contributed by atoms with Gasteiger partial charge in [0.2, 0.25) is 11.8 Å². The number of nitrogens with one attached hydrogen (secondary N) is 1. The fraction of sp³-hybridized carbons (Fsp3) is 0.308. The van der Waals surface area contributed by atoms with Gasteiger partial charge in [-0.25, -0.2) is 0 Å². The molecule has 0 heterocycles. The molecule has 1 aromatic rings. The van der Waals surface area contributed by atoms with Crippen molar-refractivity contribution in [3.05, 3.63) is 29.8 Å². The molecular weight excluding hydrogens is 248 g/mol. The minimum atomic E-state index is -0.953. The van der Waals surface area contributed by atoms with Crippen LogP contribution in [0.1, 0.15) is 12.0 Å². The van der Waals surface area contributed by atoms with Gasteiger partial charge in [-0.05, 0) is 18.1 Å². The van der Waals surface area contributed by atoms with Crippen molar-refractivity contribution >= 4 is 23.5 Å². The number of para-hydroxylation sites is 1. The maximum Gasteiger partial charge on any atom is 0.307 e. The predicted octanol–water partition coefficient (Wildman–Crippen LogP) is 0.374. The molecule has 100 valence electrons. The van der Waals surface area contributed by atoms with Gasteiger partial charge in [0.05, 0.1) is 18.3 Å². The van der Waals surface area contributed by atoms with E-state index in [1.54, 1.807) is 24.3 Å². The van der Waals surface area contributed by atoms with E-state index in [1.807, 2.05) is 0 Å². The standard InChI is InChI=1S/C13H14N2O4/c14-11(16)5-7-3-1-2-4-10(7)15-12(17)8-6-9(8)13(18)19/h1-4,8-9H,5-6H2,(H2,14,16)(H,15,17)(H,18,19). The van der Waals surface area contributed by atoms with Crippen molar-refractivity contribution in [1.29, 1.82) is 0 Å². The molecule has 1 aliphatic rings. The Morgan fingerprint density at radius 1 is 1.26 bits per heavy atom. The van der Waals surface area contributed by atoms with Crippen LogP contribution in [0.4, 0.5) is 5.69 Å². The maximum absolute atomic E-state index is 11.8. The number of carbonyl (C=O) groups excluding carboxylic acids is 2. The summed E-state index contributed by atoms with van der Waals surface area (Å²) in [7, 11) is 0. The molecule has 0 spiro atoms. The van der Waals surface area contributed by atoms with Crippen molar-refractivity contribution in [3.63, 3.8) is 0 Å². The van der Waals surface area contributed by atoms with E-state index in [0.29, 0.717) is 17.7 Å². The lowest BCUT2D eigenvalue weighted by Gasteiger charge is -2.09. The van der Waals surface area contributed by atoms with E-state index in [0.717, 1.165) is 0 Å². The molecule has 4 N–H and O–H groups in total. The molecule has 1 saturated carbocycles. The van der Waals surface area contributed by atoms with Crippen LogP contribution < -0.4 is 11.1 Å². The Balaban J connectivity index is 2.05. The average Bonchev–Trinajstić information content (AvgIpc) is 3.11. The number of amides is 2. The number of carboxylic acid groups (broad SMARTS) is 1. The summed E-state index contributed by atoms with van der Waals surface area (Å²) in [5.41, 5.74) is 6.25. The van der Waals surface area contributed by atoms with Crippen LogP contribution in [0.3, 0.4) is 0 Å². The number of primary amides is 1. The third-order valence-electron chi connectivity index (χ3n) is 3.08. The van der Waals surface area contributed by atoms with Gasteiger partial charge in [0.25, 0.3) is 0 Å². The highest BCUT2D eigenvalue weighted by atomic mass is 16.4. The topological polar surface area (TPSA) is 109 Å². The number of carboxylic acids is 1. The van der Waals surface area contributed by atoms with Crippen molar-refractivity contribution < 1.29 is 19.5 Å². The van der Waals surface area contributed by atoms with Gasteiger partial charge >= 0.3 is 5.97 Å². The van der Waals surface area contributed by atoms with Gasteiger partial charge in [-0.15, -0.1) is 0 Å². The Morgan fingerprint density at radius 2 is 1.95 bits per heavy atom. The molecule has 0 bridgehead atoms. The van der Waals surface area contributed by atoms with Crippen LogP contribution in [0.15, 0.2) is 24.3 Å². The van der Waals surface area contributed by atoms with Crippen molar-refractivity contribution in [3.8, 4) is 0 Å². The normalized spacial score (nSPS) is 20.6. The Morgan fingerprint density at radius 3 is 2.53 bits per heavy atom. The van der Waals surface area contributed by atoms with Crippen molar-refractivity contribution in [2.24, 2.45) is 17.6 Å². The molecule has 1 aromatic carbocycles. The largest absolute Gasteiger partial charge is 0.481 e. The Labute approximate surface area is 109 Å². The number of carbonyl (C=O) groups is 3.